The first-order chi connectivity index (χ1) is 7.00. The van der Waals surface area contributed by atoms with Crippen molar-refractivity contribution in [2.45, 2.75) is 20.0 Å². The van der Waals surface area contributed by atoms with Crippen molar-refractivity contribution >= 4 is 5.69 Å². The quantitative estimate of drug-likeness (QED) is 0.767. The summed E-state index contributed by atoms with van der Waals surface area (Å²) in [5.74, 6) is 0. The van der Waals surface area contributed by atoms with Gasteiger partial charge in [0.25, 0.3) is 0 Å². The minimum atomic E-state index is -0.494. The molecule has 1 unspecified atom stereocenters. The van der Waals surface area contributed by atoms with E-state index >= 15 is 0 Å². The molecule has 0 spiro atoms. The Kier molecular flexibility index (Phi) is 3.92. The van der Waals surface area contributed by atoms with Crippen LogP contribution in [0.15, 0.2) is 35.9 Å². The average Bonchev–Trinajstić information content (AvgIpc) is 2.17. The fourth-order valence-electron chi connectivity index (χ4n) is 1.38. The predicted molar refractivity (Wildman–Crippen MR) is 65.2 cm³/mol. The predicted octanol–water partition coefficient (Wildman–Crippen LogP) is 2.75. The van der Waals surface area contributed by atoms with Gasteiger partial charge in [0.15, 0.2) is 0 Å². The highest BCUT2D eigenvalue weighted by Gasteiger charge is 2.03. The van der Waals surface area contributed by atoms with Crippen LogP contribution in [0, 0.1) is 0 Å². The molecule has 0 aliphatic carbocycles. The lowest BCUT2D eigenvalue weighted by molar-refractivity contribution is 0.228. The maximum Gasteiger partial charge on any atom is 0.0974 e. The zero-order valence-corrected chi connectivity index (χ0v) is 9.86. The number of allylic oxidation sites excluding steroid dienone is 1. The topological polar surface area (TPSA) is 23.5 Å². The van der Waals surface area contributed by atoms with Crippen LogP contribution in [0.5, 0.6) is 0 Å². The summed E-state index contributed by atoms with van der Waals surface area (Å²) in [6, 6.07) is 7.94. The first-order valence-electron chi connectivity index (χ1n) is 5.11. The molecule has 0 heterocycles. The van der Waals surface area contributed by atoms with Crippen LogP contribution in [0.25, 0.3) is 0 Å². The maximum absolute atomic E-state index is 9.83. The standard InChI is InChI=1S/C13H19NO/c1-10(2)9-13(15)11-5-7-12(8-6-11)14(3)4/h5-9,13,15H,1-4H3. The summed E-state index contributed by atoms with van der Waals surface area (Å²) in [6.07, 6.45) is 1.36. The highest BCUT2D eigenvalue weighted by atomic mass is 16.3. The fourth-order valence-corrected chi connectivity index (χ4v) is 1.38. The van der Waals surface area contributed by atoms with Gasteiger partial charge in [0.2, 0.25) is 0 Å². The van der Waals surface area contributed by atoms with Crippen LogP contribution in [0.3, 0.4) is 0 Å². The molecule has 1 aromatic carbocycles. The minimum Gasteiger partial charge on any atom is -0.384 e. The summed E-state index contributed by atoms with van der Waals surface area (Å²) in [7, 11) is 4.00. The Morgan fingerprint density at radius 1 is 1.20 bits per heavy atom. The van der Waals surface area contributed by atoms with Crippen molar-refractivity contribution < 1.29 is 5.11 Å². The van der Waals surface area contributed by atoms with Crippen LogP contribution in [0.1, 0.15) is 25.5 Å². The molecule has 82 valence electrons. The second-order valence-electron chi connectivity index (χ2n) is 4.17. The molecule has 1 aromatic rings. The third kappa shape index (κ3) is 3.40. The van der Waals surface area contributed by atoms with E-state index in [2.05, 4.69) is 0 Å². The lowest BCUT2D eigenvalue weighted by Crippen LogP contribution is -2.08. The normalized spacial score (nSPS) is 12.1. The van der Waals surface area contributed by atoms with Gasteiger partial charge >= 0.3 is 0 Å². The molecule has 2 nitrogen and oxygen atoms in total. The molecule has 0 fully saturated rings. The van der Waals surface area contributed by atoms with Gasteiger partial charge in [-0.3, -0.25) is 0 Å². The zero-order chi connectivity index (χ0) is 11.4. The number of aliphatic hydroxyl groups excluding tert-OH is 1. The molecular formula is C13H19NO. The van der Waals surface area contributed by atoms with E-state index in [1.807, 2.05) is 63.2 Å². The first-order valence-corrected chi connectivity index (χ1v) is 5.11. The fraction of sp³-hybridized carbons (Fsp3) is 0.385. The number of aliphatic hydroxyl groups is 1. The Morgan fingerprint density at radius 3 is 2.13 bits per heavy atom. The van der Waals surface area contributed by atoms with Gasteiger partial charge in [0.1, 0.15) is 0 Å². The van der Waals surface area contributed by atoms with Gasteiger partial charge in [-0.15, -0.1) is 0 Å². The van der Waals surface area contributed by atoms with Crippen molar-refractivity contribution in [3.05, 3.63) is 41.5 Å². The van der Waals surface area contributed by atoms with Crippen LogP contribution >= 0.6 is 0 Å². The van der Waals surface area contributed by atoms with Crippen LogP contribution in [-0.4, -0.2) is 19.2 Å². The SMILES string of the molecule is CC(C)=CC(O)c1ccc(N(C)C)cc1. The molecule has 0 saturated heterocycles. The molecule has 2 heteroatoms. The third-order valence-corrected chi connectivity index (χ3v) is 2.24. The minimum absolute atomic E-state index is 0.494. The smallest absolute Gasteiger partial charge is 0.0974 e. The van der Waals surface area contributed by atoms with Gasteiger partial charge in [0.05, 0.1) is 6.10 Å². The summed E-state index contributed by atoms with van der Waals surface area (Å²) in [6.45, 7) is 3.97. The first kappa shape index (κ1) is 11.8. The molecule has 0 aliphatic rings. The number of hydrogen-bond acceptors (Lipinski definition) is 2. The van der Waals surface area contributed by atoms with E-state index < -0.39 is 6.10 Å². The molecule has 0 radical (unpaired) electrons. The van der Waals surface area contributed by atoms with Gasteiger partial charge in [-0.05, 0) is 31.5 Å². The summed E-state index contributed by atoms with van der Waals surface area (Å²) in [4.78, 5) is 2.04. The molecule has 0 amide bonds. The summed E-state index contributed by atoms with van der Waals surface area (Å²) >= 11 is 0. The molecule has 0 saturated carbocycles. The van der Waals surface area contributed by atoms with Crippen LogP contribution in [0.4, 0.5) is 5.69 Å². The number of nitrogens with zero attached hydrogens (tertiary/aromatic N) is 1. The van der Waals surface area contributed by atoms with E-state index in [0.717, 1.165) is 16.8 Å². The van der Waals surface area contributed by atoms with E-state index in [-0.39, 0.29) is 0 Å². The lowest BCUT2D eigenvalue weighted by atomic mass is 10.1. The lowest BCUT2D eigenvalue weighted by Gasteiger charge is -2.14. The number of benzene rings is 1. The summed E-state index contributed by atoms with van der Waals surface area (Å²) in [5.41, 5.74) is 3.20. The molecule has 0 aromatic heterocycles. The monoisotopic (exact) mass is 205 g/mol. The Balaban J connectivity index is 2.84. The van der Waals surface area contributed by atoms with Crippen LogP contribution < -0.4 is 4.90 Å². The van der Waals surface area contributed by atoms with Crippen LogP contribution in [-0.2, 0) is 0 Å². The highest BCUT2D eigenvalue weighted by Crippen LogP contribution is 2.19. The number of hydrogen-bond donors (Lipinski definition) is 1. The Morgan fingerprint density at radius 2 is 1.73 bits per heavy atom. The number of rotatable bonds is 3. The molecule has 1 N–H and O–H groups in total. The van der Waals surface area contributed by atoms with Gasteiger partial charge in [-0.2, -0.15) is 0 Å². The van der Waals surface area contributed by atoms with Crippen molar-refractivity contribution in [2.24, 2.45) is 0 Å². The van der Waals surface area contributed by atoms with Crippen molar-refractivity contribution in [3.63, 3.8) is 0 Å². The van der Waals surface area contributed by atoms with Gasteiger partial charge in [-0.1, -0.05) is 23.8 Å². The highest BCUT2D eigenvalue weighted by molar-refractivity contribution is 5.46. The molecule has 15 heavy (non-hydrogen) atoms. The Labute approximate surface area is 91.9 Å². The maximum atomic E-state index is 9.83. The second-order valence-corrected chi connectivity index (χ2v) is 4.17. The van der Waals surface area contributed by atoms with Crippen molar-refractivity contribution in [1.82, 2.24) is 0 Å². The average molecular weight is 205 g/mol. The molecular weight excluding hydrogens is 186 g/mol. The van der Waals surface area contributed by atoms with Crippen LogP contribution in [0.2, 0.25) is 0 Å². The van der Waals surface area contributed by atoms with E-state index in [4.69, 9.17) is 0 Å². The summed E-state index contributed by atoms with van der Waals surface area (Å²) in [5, 5.41) is 9.83. The largest absolute Gasteiger partial charge is 0.384 e. The molecule has 0 aliphatic heterocycles. The van der Waals surface area contributed by atoms with E-state index in [1.54, 1.807) is 0 Å². The van der Waals surface area contributed by atoms with E-state index in [9.17, 15) is 5.11 Å². The van der Waals surface area contributed by atoms with Gasteiger partial charge < -0.3 is 10.0 Å². The van der Waals surface area contributed by atoms with Crippen molar-refractivity contribution in [2.75, 3.05) is 19.0 Å². The van der Waals surface area contributed by atoms with Crippen molar-refractivity contribution in [3.8, 4) is 0 Å². The van der Waals surface area contributed by atoms with Gasteiger partial charge in [-0.25, -0.2) is 0 Å². The zero-order valence-electron chi connectivity index (χ0n) is 9.86. The number of anilines is 1. The Bertz CT molecular complexity index is 334. The van der Waals surface area contributed by atoms with Crippen molar-refractivity contribution in [1.29, 1.82) is 0 Å². The second kappa shape index (κ2) is 4.99. The third-order valence-electron chi connectivity index (χ3n) is 2.24. The summed E-state index contributed by atoms with van der Waals surface area (Å²) < 4.78 is 0. The molecule has 1 rings (SSSR count). The molecule has 0 bridgehead atoms. The Hall–Kier alpha value is -1.28. The van der Waals surface area contributed by atoms with E-state index in [0.29, 0.717) is 0 Å². The van der Waals surface area contributed by atoms with E-state index in [1.165, 1.54) is 0 Å². The van der Waals surface area contributed by atoms with Gasteiger partial charge in [0, 0.05) is 19.8 Å². The molecule has 1 atom stereocenters.